The molecular formula is C126H92O2S4. The number of rotatable bonds is 8. The van der Waals surface area contributed by atoms with Gasteiger partial charge in [-0.3, -0.25) is 0 Å². The molecule has 0 N–H and O–H groups in total. The average molecular weight is 1770 g/mol. The van der Waals surface area contributed by atoms with Gasteiger partial charge in [0.2, 0.25) is 0 Å². The van der Waals surface area contributed by atoms with Gasteiger partial charge in [-0.05, 0) is 162 Å². The van der Waals surface area contributed by atoms with Crippen molar-refractivity contribution in [2.24, 2.45) is 0 Å². The lowest BCUT2D eigenvalue weighted by molar-refractivity contribution is 0.670. The summed E-state index contributed by atoms with van der Waals surface area (Å²) in [6.07, 6.45) is 0. The van der Waals surface area contributed by atoms with Crippen molar-refractivity contribution in [3.63, 3.8) is 0 Å². The molecule has 632 valence electrons. The largest absolute Gasteiger partial charge is 0.455 e. The molecule has 0 saturated heterocycles. The van der Waals surface area contributed by atoms with Crippen molar-refractivity contribution < 1.29 is 8.83 Å². The molecule has 0 aliphatic heterocycles. The quantitative estimate of drug-likeness (QED) is 0.152. The Morgan fingerprint density at radius 2 is 0.402 bits per heavy atom. The average Bonchev–Trinajstić information content (AvgIpc) is 1.60. The monoisotopic (exact) mass is 1760 g/mol. The first-order valence-corrected chi connectivity index (χ1v) is 48.2. The first-order valence-electron chi connectivity index (χ1n) is 45.0. The van der Waals surface area contributed by atoms with Crippen molar-refractivity contribution in [3.8, 4) is 89.0 Å². The zero-order valence-electron chi connectivity index (χ0n) is 74.2. The van der Waals surface area contributed by atoms with Crippen LogP contribution in [0, 0.1) is 41.5 Å². The summed E-state index contributed by atoms with van der Waals surface area (Å²) in [6.45, 7) is 12.8. The molecule has 6 aromatic heterocycles. The second kappa shape index (κ2) is 37.2. The zero-order chi connectivity index (χ0) is 89.1. The van der Waals surface area contributed by atoms with Crippen LogP contribution in [0.2, 0.25) is 0 Å². The van der Waals surface area contributed by atoms with E-state index in [0.717, 1.165) is 66.1 Å². The molecule has 26 aromatic rings. The fourth-order valence-electron chi connectivity index (χ4n) is 18.5. The Balaban J connectivity index is 0.0000000959. The van der Waals surface area contributed by atoms with Crippen molar-refractivity contribution in [3.05, 3.63) is 482 Å². The summed E-state index contributed by atoms with van der Waals surface area (Å²) in [5, 5.41) is 15.6. The van der Waals surface area contributed by atoms with Gasteiger partial charge in [0.25, 0.3) is 0 Å². The van der Waals surface area contributed by atoms with Gasteiger partial charge in [0, 0.05) is 124 Å². The second-order valence-electron chi connectivity index (χ2n) is 34.0. The highest BCUT2D eigenvalue weighted by Crippen LogP contribution is 2.47. The highest BCUT2D eigenvalue weighted by Gasteiger charge is 2.21. The summed E-state index contributed by atoms with van der Waals surface area (Å²) >= 11 is 7.50. The van der Waals surface area contributed by atoms with Gasteiger partial charge in [0.05, 0.1) is 0 Å². The number of thiophene rings is 4. The molecule has 26 rings (SSSR count). The third-order valence-corrected chi connectivity index (χ3v) is 29.5. The van der Waals surface area contributed by atoms with Crippen LogP contribution < -0.4 is 0 Å². The number of furan rings is 2. The summed E-state index contributed by atoms with van der Waals surface area (Å²) < 4.78 is 23.8. The smallest absolute Gasteiger partial charge is 0.143 e. The molecule has 0 fully saturated rings. The molecule has 0 amide bonds. The zero-order valence-corrected chi connectivity index (χ0v) is 77.4. The van der Waals surface area contributed by atoms with Crippen LogP contribution in [0.1, 0.15) is 33.4 Å². The summed E-state index contributed by atoms with van der Waals surface area (Å²) in [4.78, 5) is 0. The molecule has 0 atom stereocenters. The van der Waals surface area contributed by atoms with Crippen molar-refractivity contribution in [1.29, 1.82) is 0 Å². The molecule has 0 bridgehead atoms. The number of fused-ring (bicyclic) bond motifs is 18. The SMILES string of the molecule is Cc1ccc(-c2cccc3c2oc2c(-c4ccccc4)cccc23)cc1.Cc1ccc(-c2cccc3sc4ccccc4c23)cc1.Cc1cccc(-c2ccc3c(c2)sc2ccccc23)c1.Cc1cccc(-c2cccc3c2oc2c(-c4ccccc4)cccc23)c1.Cc1cccc(-c2cccc3sc4ccccc4c23)c1.Cc1ccccc1-c1cccc2sc3ccccc3c12. The maximum atomic E-state index is 6.46. The topological polar surface area (TPSA) is 26.3 Å². The Morgan fingerprint density at radius 1 is 0.144 bits per heavy atom. The van der Waals surface area contributed by atoms with Crippen molar-refractivity contribution in [2.45, 2.75) is 41.5 Å². The number of hydrogen-bond acceptors (Lipinski definition) is 6. The van der Waals surface area contributed by atoms with E-state index in [4.69, 9.17) is 8.83 Å². The molecule has 132 heavy (non-hydrogen) atoms. The van der Waals surface area contributed by atoms with Gasteiger partial charge in [-0.15, -0.1) is 45.3 Å². The lowest BCUT2D eigenvalue weighted by atomic mass is 9.96. The van der Waals surface area contributed by atoms with Crippen LogP contribution in [-0.2, 0) is 0 Å². The summed E-state index contributed by atoms with van der Waals surface area (Å²) in [5.41, 5.74) is 31.4. The number of benzene rings is 20. The van der Waals surface area contributed by atoms with E-state index in [9.17, 15) is 0 Å². The van der Waals surface area contributed by atoms with Gasteiger partial charge in [-0.1, -0.05) is 428 Å². The Morgan fingerprint density at radius 3 is 0.841 bits per heavy atom. The van der Waals surface area contributed by atoms with Gasteiger partial charge in [-0.25, -0.2) is 0 Å². The van der Waals surface area contributed by atoms with E-state index >= 15 is 0 Å². The number of aryl methyl sites for hydroxylation is 6. The first-order chi connectivity index (χ1) is 64.9. The predicted molar refractivity (Wildman–Crippen MR) is 577 cm³/mol. The van der Waals surface area contributed by atoms with E-state index in [2.05, 4.69) is 478 Å². The van der Waals surface area contributed by atoms with Gasteiger partial charge < -0.3 is 8.83 Å². The van der Waals surface area contributed by atoms with E-state index in [1.165, 1.54) is 181 Å². The van der Waals surface area contributed by atoms with Crippen molar-refractivity contribution >= 4 is 170 Å². The normalized spacial score (nSPS) is 11.3. The molecule has 0 saturated carbocycles. The van der Waals surface area contributed by atoms with Crippen molar-refractivity contribution in [1.82, 2.24) is 0 Å². The van der Waals surface area contributed by atoms with E-state index in [0.29, 0.717) is 0 Å². The van der Waals surface area contributed by atoms with Crippen molar-refractivity contribution in [2.75, 3.05) is 0 Å². The molecule has 0 unspecified atom stereocenters. The van der Waals surface area contributed by atoms with Gasteiger partial charge >= 0.3 is 0 Å². The third-order valence-electron chi connectivity index (χ3n) is 25.0. The Hall–Kier alpha value is -15.1. The van der Waals surface area contributed by atoms with Crippen LogP contribution in [0.4, 0.5) is 0 Å². The van der Waals surface area contributed by atoms with Crippen LogP contribution in [0.3, 0.4) is 0 Å². The second-order valence-corrected chi connectivity index (χ2v) is 38.3. The fourth-order valence-corrected chi connectivity index (χ4v) is 23.1. The summed E-state index contributed by atoms with van der Waals surface area (Å²) in [7, 11) is 0. The highest BCUT2D eigenvalue weighted by molar-refractivity contribution is 7.27. The van der Waals surface area contributed by atoms with E-state index < -0.39 is 0 Å². The number of para-hydroxylation sites is 4. The third kappa shape index (κ3) is 16.9. The lowest BCUT2D eigenvalue weighted by Crippen LogP contribution is -1.83. The number of hydrogen-bond donors (Lipinski definition) is 0. The fraction of sp³-hybridized carbons (Fsp3) is 0.0476. The van der Waals surface area contributed by atoms with E-state index in [-0.39, 0.29) is 0 Å². The predicted octanol–water partition coefficient (Wildman–Crippen LogP) is 38.6. The first kappa shape index (κ1) is 83.8. The lowest BCUT2D eigenvalue weighted by Gasteiger charge is -2.07. The molecule has 6 heterocycles. The van der Waals surface area contributed by atoms with Gasteiger partial charge in [-0.2, -0.15) is 0 Å². The maximum Gasteiger partial charge on any atom is 0.143 e. The van der Waals surface area contributed by atoms with Crippen LogP contribution >= 0.6 is 45.3 Å². The Labute approximate surface area is 785 Å². The molecule has 20 aromatic carbocycles. The minimum Gasteiger partial charge on any atom is -0.455 e. The maximum absolute atomic E-state index is 6.46. The molecular weight excluding hydrogens is 1670 g/mol. The standard InChI is InChI=1S/2C25H18O.4C19H14S/c1-17-8-5-11-19(16-17)21-13-7-15-23-22-14-6-12-20(24(22)26-25(21)23)18-9-3-2-4-10-18;1-17-13-15-19(16-14-17)21-10-6-12-23-22-11-5-9-20(24(22)26-25(21)23)18-7-3-2-4-8-18;1-13-6-4-7-14(12-13)15-9-5-11-18-19(15)16-8-2-3-10-17(16)20-18;1-13-7-2-3-8-14(13)15-10-6-12-18-19(15)16-9-4-5-11-17(16)20-18;1-13-5-4-6-14(11-13)15-9-10-17-16-7-2-3-8-18(16)20-19(17)12-15;1-13-9-11-14(12-10-13)15-6-4-8-18-19(15)16-5-2-3-7-17(16)20-18/h2*2-16H,1H3;4*2-12H,1H3. The van der Waals surface area contributed by atoms with E-state index in [1.54, 1.807) is 0 Å². The van der Waals surface area contributed by atoms with Crippen LogP contribution in [-0.4, -0.2) is 0 Å². The van der Waals surface area contributed by atoms with Gasteiger partial charge in [0.1, 0.15) is 22.3 Å². The Kier molecular flexibility index (Phi) is 23.6. The Bertz CT molecular complexity index is 8710. The van der Waals surface area contributed by atoms with Crippen LogP contribution in [0.5, 0.6) is 0 Å². The van der Waals surface area contributed by atoms with Crippen LogP contribution in [0.15, 0.2) is 458 Å². The van der Waals surface area contributed by atoms with E-state index in [1.807, 2.05) is 57.5 Å². The highest BCUT2D eigenvalue weighted by atomic mass is 32.1. The van der Waals surface area contributed by atoms with Crippen LogP contribution in [0.25, 0.3) is 214 Å². The molecule has 0 spiro atoms. The molecule has 0 aliphatic rings. The summed E-state index contributed by atoms with van der Waals surface area (Å²) in [5.74, 6) is 0. The minimum atomic E-state index is 0.952. The minimum absolute atomic E-state index is 0.952. The molecule has 0 aliphatic carbocycles. The molecule has 0 radical (unpaired) electrons. The summed E-state index contributed by atoms with van der Waals surface area (Å²) in [6, 6.07) is 160. The molecule has 6 heteroatoms. The van der Waals surface area contributed by atoms with Gasteiger partial charge in [0.15, 0.2) is 0 Å². The molecule has 2 nitrogen and oxygen atoms in total.